The van der Waals surface area contributed by atoms with Crippen LogP contribution >= 0.6 is 0 Å². The van der Waals surface area contributed by atoms with Gasteiger partial charge in [0.1, 0.15) is 0 Å². The highest BCUT2D eigenvalue weighted by atomic mass is 16.5. The molecule has 1 aliphatic carbocycles. The number of rotatable bonds is 2. The Morgan fingerprint density at radius 2 is 1.27 bits per heavy atom. The summed E-state index contributed by atoms with van der Waals surface area (Å²) >= 11 is 0. The standard InChI is InChI=1S/C13H18O2/c1-14-12-8-10-6-4-3-5-7-11(10)9-13(12)15-2/h8-9H,3-7H2,1-2H3. The Hall–Kier alpha value is -1.18. The molecule has 0 amide bonds. The van der Waals surface area contributed by atoms with E-state index < -0.39 is 0 Å². The molecule has 0 aliphatic heterocycles. The van der Waals surface area contributed by atoms with E-state index in [4.69, 9.17) is 9.47 Å². The van der Waals surface area contributed by atoms with Crippen LogP contribution in [0.1, 0.15) is 30.4 Å². The summed E-state index contributed by atoms with van der Waals surface area (Å²) in [7, 11) is 3.39. The number of hydrogen-bond acceptors (Lipinski definition) is 2. The van der Waals surface area contributed by atoms with E-state index in [-0.39, 0.29) is 0 Å². The van der Waals surface area contributed by atoms with Crippen molar-refractivity contribution >= 4 is 0 Å². The van der Waals surface area contributed by atoms with Crippen molar-refractivity contribution in [2.75, 3.05) is 14.2 Å². The van der Waals surface area contributed by atoms with E-state index in [2.05, 4.69) is 12.1 Å². The first-order chi connectivity index (χ1) is 7.35. The first-order valence-electron chi connectivity index (χ1n) is 5.59. The summed E-state index contributed by atoms with van der Waals surface area (Å²) in [6, 6.07) is 4.28. The molecule has 2 rings (SSSR count). The number of benzene rings is 1. The number of fused-ring (bicyclic) bond motifs is 1. The van der Waals surface area contributed by atoms with Gasteiger partial charge in [-0.15, -0.1) is 0 Å². The molecule has 0 heterocycles. The first kappa shape index (κ1) is 10.3. The second-order valence-electron chi connectivity index (χ2n) is 4.04. The third-order valence-electron chi connectivity index (χ3n) is 3.10. The number of methoxy groups -OCH3 is 2. The first-order valence-corrected chi connectivity index (χ1v) is 5.59. The third-order valence-corrected chi connectivity index (χ3v) is 3.10. The summed E-state index contributed by atoms with van der Waals surface area (Å²) < 4.78 is 10.6. The van der Waals surface area contributed by atoms with Gasteiger partial charge in [-0.3, -0.25) is 0 Å². The van der Waals surface area contributed by atoms with Crippen molar-refractivity contribution in [1.29, 1.82) is 0 Å². The van der Waals surface area contributed by atoms with Crippen LogP contribution in [0.15, 0.2) is 12.1 Å². The van der Waals surface area contributed by atoms with Crippen molar-refractivity contribution in [3.63, 3.8) is 0 Å². The molecular weight excluding hydrogens is 188 g/mol. The second-order valence-corrected chi connectivity index (χ2v) is 4.04. The highest BCUT2D eigenvalue weighted by Gasteiger charge is 2.12. The van der Waals surface area contributed by atoms with Crippen LogP contribution in [0.5, 0.6) is 11.5 Å². The van der Waals surface area contributed by atoms with Gasteiger partial charge < -0.3 is 9.47 Å². The molecule has 82 valence electrons. The molecule has 0 fully saturated rings. The number of ether oxygens (including phenoxy) is 2. The molecule has 0 unspecified atom stereocenters. The van der Waals surface area contributed by atoms with Crippen molar-refractivity contribution in [3.05, 3.63) is 23.3 Å². The van der Waals surface area contributed by atoms with Gasteiger partial charge in [0, 0.05) is 0 Å². The fraction of sp³-hybridized carbons (Fsp3) is 0.538. The molecule has 0 spiro atoms. The predicted molar refractivity (Wildman–Crippen MR) is 60.8 cm³/mol. The van der Waals surface area contributed by atoms with Gasteiger partial charge in [-0.25, -0.2) is 0 Å². The van der Waals surface area contributed by atoms with Crippen LogP contribution in [-0.2, 0) is 12.8 Å². The van der Waals surface area contributed by atoms with Crippen molar-refractivity contribution < 1.29 is 9.47 Å². The van der Waals surface area contributed by atoms with Gasteiger partial charge in [0.05, 0.1) is 14.2 Å². The molecule has 2 heteroatoms. The molecule has 0 radical (unpaired) electrons. The summed E-state index contributed by atoms with van der Waals surface area (Å²) in [6.07, 6.45) is 6.27. The predicted octanol–water partition coefficient (Wildman–Crippen LogP) is 2.97. The maximum Gasteiger partial charge on any atom is 0.161 e. The Balaban J connectivity index is 2.41. The molecule has 1 aliphatic rings. The van der Waals surface area contributed by atoms with Gasteiger partial charge in [-0.2, -0.15) is 0 Å². The molecular formula is C13H18O2. The van der Waals surface area contributed by atoms with Crippen LogP contribution in [-0.4, -0.2) is 14.2 Å². The highest BCUT2D eigenvalue weighted by Crippen LogP contribution is 2.33. The lowest BCUT2D eigenvalue weighted by Crippen LogP contribution is -1.96. The van der Waals surface area contributed by atoms with Crippen LogP contribution in [0.25, 0.3) is 0 Å². The summed E-state index contributed by atoms with van der Waals surface area (Å²) in [5.74, 6) is 1.72. The van der Waals surface area contributed by atoms with E-state index >= 15 is 0 Å². The molecule has 1 aromatic rings. The fourth-order valence-corrected chi connectivity index (χ4v) is 2.24. The SMILES string of the molecule is COc1cc2c(cc1OC)CCCCC2. The lowest BCUT2D eigenvalue weighted by atomic mass is 10.0. The quantitative estimate of drug-likeness (QED) is 0.693. The van der Waals surface area contributed by atoms with Crippen molar-refractivity contribution in [3.8, 4) is 11.5 Å². The zero-order valence-corrected chi connectivity index (χ0v) is 9.51. The second kappa shape index (κ2) is 4.56. The van der Waals surface area contributed by atoms with Crippen molar-refractivity contribution in [2.45, 2.75) is 32.1 Å². The van der Waals surface area contributed by atoms with E-state index in [0.29, 0.717) is 0 Å². The van der Waals surface area contributed by atoms with Crippen LogP contribution in [0, 0.1) is 0 Å². The topological polar surface area (TPSA) is 18.5 Å². The molecule has 0 bridgehead atoms. The van der Waals surface area contributed by atoms with Gasteiger partial charge in [0.15, 0.2) is 11.5 Å². The third kappa shape index (κ3) is 2.09. The van der Waals surface area contributed by atoms with E-state index in [9.17, 15) is 0 Å². The van der Waals surface area contributed by atoms with E-state index in [1.807, 2.05) is 0 Å². The van der Waals surface area contributed by atoms with Crippen LogP contribution < -0.4 is 9.47 Å². The van der Waals surface area contributed by atoms with Crippen LogP contribution in [0.4, 0.5) is 0 Å². The van der Waals surface area contributed by atoms with Crippen molar-refractivity contribution in [1.82, 2.24) is 0 Å². The zero-order valence-electron chi connectivity index (χ0n) is 9.51. The van der Waals surface area contributed by atoms with Gasteiger partial charge in [0.25, 0.3) is 0 Å². The summed E-state index contributed by atoms with van der Waals surface area (Å²) in [5, 5.41) is 0. The smallest absolute Gasteiger partial charge is 0.161 e. The monoisotopic (exact) mass is 206 g/mol. The van der Waals surface area contributed by atoms with E-state index in [0.717, 1.165) is 11.5 Å². The minimum absolute atomic E-state index is 0.859. The van der Waals surface area contributed by atoms with Crippen LogP contribution in [0.3, 0.4) is 0 Å². The average molecular weight is 206 g/mol. The molecule has 0 atom stereocenters. The normalized spacial score (nSPS) is 15.3. The Kier molecular flexibility index (Phi) is 3.14. The minimum atomic E-state index is 0.859. The maximum absolute atomic E-state index is 5.32. The average Bonchev–Trinajstić information content (AvgIpc) is 2.51. The Bertz CT molecular complexity index is 312. The molecule has 0 aromatic heterocycles. The minimum Gasteiger partial charge on any atom is -0.493 e. The Morgan fingerprint density at radius 3 is 1.67 bits per heavy atom. The fourth-order valence-electron chi connectivity index (χ4n) is 2.24. The summed E-state index contributed by atoms with van der Waals surface area (Å²) in [4.78, 5) is 0. The summed E-state index contributed by atoms with van der Waals surface area (Å²) in [5.41, 5.74) is 2.87. The molecule has 0 saturated heterocycles. The molecule has 15 heavy (non-hydrogen) atoms. The van der Waals surface area contributed by atoms with Gasteiger partial charge in [-0.1, -0.05) is 6.42 Å². The highest BCUT2D eigenvalue weighted by molar-refractivity contribution is 5.47. The Labute approximate surface area is 91.2 Å². The summed E-state index contributed by atoms with van der Waals surface area (Å²) in [6.45, 7) is 0. The molecule has 0 N–H and O–H groups in total. The maximum atomic E-state index is 5.32. The molecule has 0 saturated carbocycles. The van der Waals surface area contributed by atoms with Gasteiger partial charge >= 0.3 is 0 Å². The zero-order chi connectivity index (χ0) is 10.7. The van der Waals surface area contributed by atoms with E-state index in [1.54, 1.807) is 14.2 Å². The van der Waals surface area contributed by atoms with Gasteiger partial charge in [0.2, 0.25) is 0 Å². The Morgan fingerprint density at radius 1 is 0.800 bits per heavy atom. The van der Waals surface area contributed by atoms with E-state index in [1.165, 1.54) is 43.2 Å². The number of hydrogen-bond donors (Lipinski definition) is 0. The van der Waals surface area contributed by atoms with Gasteiger partial charge in [-0.05, 0) is 48.9 Å². The number of aryl methyl sites for hydroxylation is 2. The van der Waals surface area contributed by atoms with Crippen molar-refractivity contribution in [2.24, 2.45) is 0 Å². The largest absolute Gasteiger partial charge is 0.493 e. The van der Waals surface area contributed by atoms with Crippen LogP contribution in [0.2, 0.25) is 0 Å². The lowest BCUT2D eigenvalue weighted by Gasteiger charge is -2.12. The molecule has 2 nitrogen and oxygen atoms in total. The lowest BCUT2D eigenvalue weighted by molar-refractivity contribution is 0.354. The molecule has 1 aromatic carbocycles.